The number of likely N-dealkylation sites (tertiary alicyclic amines) is 1. The first-order valence-electron chi connectivity index (χ1n) is 10.9. The number of nitrogens with one attached hydrogen (secondary N) is 1. The van der Waals surface area contributed by atoms with E-state index in [1.807, 2.05) is 53.1 Å². The number of piperidine rings is 1. The lowest BCUT2D eigenvalue weighted by atomic mass is 9.95. The molecular weight excluding hydrogens is 414 g/mol. The Kier molecular flexibility index (Phi) is 6.37. The van der Waals surface area contributed by atoms with Gasteiger partial charge in [-0.15, -0.1) is 0 Å². The Morgan fingerprint density at radius 2 is 1.90 bits per heavy atom. The average molecular weight is 442 g/mol. The highest BCUT2D eigenvalue weighted by Gasteiger charge is 2.34. The highest BCUT2D eigenvalue weighted by Crippen LogP contribution is 2.35. The molecule has 7 heteroatoms. The topological polar surface area (TPSA) is 61.9 Å². The number of hydrogen-bond donors (Lipinski definition) is 1. The van der Waals surface area contributed by atoms with Gasteiger partial charge in [-0.1, -0.05) is 36.7 Å². The van der Waals surface area contributed by atoms with Crippen LogP contribution in [0.25, 0.3) is 0 Å². The molecule has 31 heavy (non-hydrogen) atoms. The fraction of sp³-hybridized carbons (Fsp3) is 0.417. The first-order chi connectivity index (χ1) is 15.0. The SMILES string of the molecule is CCC1CN(C(=O)N2CCC(C(=O)Nc3cc(Cl)ccc3C)CC2)c2ccccc2O1. The number of para-hydroxylation sites is 2. The lowest BCUT2D eigenvalue weighted by Gasteiger charge is -2.39. The van der Waals surface area contributed by atoms with Gasteiger partial charge >= 0.3 is 6.03 Å². The monoisotopic (exact) mass is 441 g/mol. The second-order valence-corrected chi connectivity index (χ2v) is 8.66. The standard InChI is InChI=1S/C24H28ClN3O3/c1-3-19-15-28(21-6-4-5-7-22(21)31-19)24(30)27-12-10-17(11-13-27)23(29)26-20-14-18(25)9-8-16(20)2/h4-9,14,17,19H,3,10-13,15H2,1-2H3,(H,26,29). The summed E-state index contributed by atoms with van der Waals surface area (Å²) in [7, 11) is 0. The Bertz CT molecular complexity index is 972. The fourth-order valence-corrected chi connectivity index (χ4v) is 4.33. The Balaban J connectivity index is 1.39. The highest BCUT2D eigenvalue weighted by molar-refractivity contribution is 6.31. The number of nitrogens with zero attached hydrogens (tertiary/aromatic N) is 2. The zero-order chi connectivity index (χ0) is 22.0. The van der Waals surface area contributed by atoms with Crippen molar-refractivity contribution < 1.29 is 14.3 Å². The van der Waals surface area contributed by atoms with Gasteiger partial charge in [0.1, 0.15) is 11.9 Å². The molecule has 1 unspecified atom stereocenters. The van der Waals surface area contributed by atoms with Crippen LogP contribution in [0, 0.1) is 12.8 Å². The zero-order valence-corrected chi connectivity index (χ0v) is 18.7. The van der Waals surface area contributed by atoms with E-state index in [4.69, 9.17) is 16.3 Å². The van der Waals surface area contributed by atoms with Gasteiger partial charge in [-0.2, -0.15) is 0 Å². The lowest BCUT2D eigenvalue weighted by Crippen LogP contribution is -2.52. The van der Waals surface area contributed by atoms with Crippen LogP contribution >= 0.6 is 11.6 Å². The van der Waals surface area contributed by atoms with Crippen LogP contribution in [0.4, 0.5) is 16.2 Å². The Morgan fingerprint density at radius 3 is 2.65 bits per heavy atom. The van der Waals surface area contributed by atoms with Gasteiger partial charge in [0, 0.05) is 29.7 Å². The Labute approximate surface area is 188 Å². The van der Waals surface area contributed by atoms with Crippen LogP contribution in [0.15, 0.2) is 42.5 Å². The predicted molar refractivity (Wildman–Crippen MR) is 123 cm³/mol. The Morgan fingerprint density at radius 1 is 1.16 bits per heavy atom. The van der Waals surface area contributed by atoms with E-state index in [-0.39, 0.29) is 24.0 Å². The van der Waals surface area contributed by atoms with Crippen molar-refractivity contribution in [2.75, 3.05) is 29.9 Å². The minimum absolute atomic E-state index is 0.0110. The van der Waals surface area contributed by atoms with E-state index in [1.165, 1.54) is 0 Å². The molecule has 0 aromatic heterocycles. The van der Waals surface area contributed by atoms with Gasteiger partial charge in [0.25, 0.3) is 0 Å². The minimum atomic E-state index is -0.122. The van der Waals surface area contributed by atoms with Crippen LogP contribution in [0.2, 0.25) is 5.02 Å². The van der Waals surface area contributed by atoms with Crippen LogP contribution in [-0.4, -0.2) is 42.6 Å². The maximum absolute atomic E-state index is 13.3. The molecule has 3 amide bonds. The maximum atomic E-state index is 13.3. The maximum Gasteiger partial charge on any atom is 0.324 e. The van der Waals surface area contributed by atoms with E-state index in [9.17, 15) is 9.59 Å². The third kappa shape index (κ3) is 4.64. The van der Waals surface area contributed by atoms with Crippen molar-refractivity contribution in [3.63, 3.8) is 0 Å². The van der Waals surface area contributed by atoms with E-state index in [0.717, 1.165) is 29.1 Å². The number of halogens is 1. The molecule has 1 fully saturated rings. The number of fused-ring (bicyclic) bond motifs is 1. The van der Waals surface area contributed by atoms with E-state index in [2.05, 4.69) is 12.2 Å². The third-order valence-electron chi connectivity index (χ3n) is 6.12. The molecule has 1 atom stereocenters. The molecule has 0 aliphatic carbocycles. The van der Waals surface area contributed by atoms with Crippen LogP contribution < -0.4 is 15.0 Å². The van der Waals surface area contributed by atoms with Gasteiger partial charge in [-0.25, -0.2) is 4.79 Å². The van der Waals surface area contributed by atoms with Crippen LogP contribution in [-0.2, 0) is 4.79 Å². The van der Waals surface area contributed by atoms with E-state index >= 15 is 0 Å². The average Bonchev–Trinajstić information content (AvgIpc) is 2.80. The normalized spacial score (nSPS) is 18.9. The number of aryl methyl sites for hydroxylation is 1. The number of hydrogen-bond acceptors (Lipinski definition) is 3. The fourth-order valence-electron chi connectivity index (χ4n) is 4.16. The number of benzene rings is 2. The molecule has 0 spiro atoms. The van der Waals surface area contributed by atoms with Gasteiger partial charge in [0.2, 0.25) is 5.91 Å². The van der Waals surface area contributed by atoms with Crippen LogP contribution in [0.5, 0.6) is 5.75 Å². The largest absolute Gasteiger partial charge is 0.486 e. The second kappa shape index (κ2) is 9.18. The highest BCUT2D eigenvalue weighted by atomic mass is 35.5. The number of anilines is 2. The number of carbonyl (C=O) groups excluding carboxylic acids is 2. The predicted octanol–water partition coefficient (Wildman–Crippen LogP) is 5.10. The summed E-state index contributed by atoms with van der Waals surface area (Å²) in [6.07, 6.45) is 2.10. The van der Waals surface area contributed by atoms with E-state index in [0.29, 0.717) is 37.5 Å². The zero-order valence-electron chi connectivity index (χ0n) is 17.9. The van der Waals surface area contributed by atoms with E-state index < -0.39 is 0 Å². The molecule has 1 saturated heterocycles. The molecule has 1 N–H and O–H groups in total. The molecule has 0 saturated carbocycles. The summed E-state index contributed by atoms with van der Waals surface area (Å²) >= 11 is 6.06. The molecule has 0 radical (unpaired) electrons. The summed E-state index contributed by atoms with van der Waals surface area (Å²) in [5.74, 6) is 0.614. The number of amides is 3. The van der Waals surface area contributed by atoms with Crippen molar-refractivity contribution >= 4 is 34.9 Å². The summed E-state index contributed by atoms with van der Waals surface area (Å²) in [6.45, 7) is 5.66. The van der Waals surface area contributed by atoms with E-state index in [1.54, 1.807) is 6.07 Å². The lowest BCUT2D eigenvalue weighted by molar-refractivity contribution is -0.121. The van der Waals surface area contributed by atoms with Crippen molar-refractivity contribution in [2.45, 2.75) is 39.2 Å². The van der Waals surface area contributed by atoms with Gasteiger partial charge < -0.3 is 15.0 Å². The molecule has 0 bridgehead atoms. The number of urea groups is 1. The molecule has 2 aromatic carbocycles. The molecular formula is C24H28ClN3O3. The van der Waals surface area contributed by atoms with Gasteiger partial charge in [0.05, 0.1) is 12.2 Å². The number of carbonyl (C=O) groups is 2. The van der Waals surface area contributed by atoms with Crippen molar-refractivity contribution in [3.8, 4) is 5.75 Å². The molecule has 2 aliphatic heterocycles. The summed E-state index contributed by atoms with van der Waals surface area (Å²) < 4.78 is 6.00. The third-order valence-corrected chi connectivity index (χ3v) is 6.35. The smallest absolute Gasteiger partial charge is 0.324 e. The summed E-state index contributed by atoms with van der Waals surface area (Å²) in [4.78, 5) is 29.8. The molecule has 2 aromatic rings. The molecule has 164 valence electrons. The molecule has 6 nitrogen and oxygen atoms in total. The molecule has 2 aliphatic rings. The number of ether oxygens (including phenoxy) is 1. The second-order valence-electron chi connectivity index (χ2n) is 8.22. The van der Waals surface area contributed by atoms with Gasteiger partial charge in [0.15, 0.2) is 0 Å². The summed E-state index contributed by atoms with van der Waals surface area (Å²) in [5, 5.41) is 3.60. The van der Waals surface area contributed by atoms with Crippen molar-refractivity contribution in [2.24, 2.45) is 5.92 Å². The first kappa shape index (κ1) is 21.5. The van der Waals surface area contributed by atoms with Gasteiger partial charge in [-0.3, -0.25) is 9.69 Å². The van der Waals surface area contributed by atoms with Gasteiger partial charge in [-0.05, 0) is 56.0 Å². The Hall–Kier alpha value is -2.73. The first-order valence-corrected chi connectivity index (χ1v) is 11.2. The number of rotatable bonds is 3. The quantitative estimate of drug-likeness (QED) is 0.721. The van der Waals surface area contributed by atoms with Crippen LogP contribution in [0.1, 0.15) is 31.7 Å². The van der Waals surface area contributed by atoms with Crippen LogP contribution in [0.3, 0.4) is 0 Å². The minimum Gasteiger partial charge on any atom is -0.486 e. The summed E-state index contributed by atoms with van der Waals surface area (Å²) in [5.41, 5.74) is 2.53. The van der Waals surface area contributed by atoms with Crippen molar-refractivity contribution in [1.82, 2.24) is 4.90 Å². The molecule has 4 rings (SSSR count). The summed E-state index contributed by atoms with van der Waals surface area (Å²) in [6, 6.07) is 13.1. The van der Waals surface area contributed by atoms with Crippen molar-refractivity contribution in [1.29, 1.82) is 0 Å². The van der Waals surface area contributed by atoms with Crippen molar-refractivity contribution in [3.05, 3.63) is 53.1 Å². The molecule has 2 heterocycles.